The number of carboxylic acids is 1. The molecule has 1 aliphatic rings. The average Bonchev–Trinajstić information content (AvgIpc) is 1.96. The molecule has 0 unspecified atom stereocenters. The molecule has 0 aromatic rings. The van der Waals surface area contributed by atoms with Gasteiger partial charge in [0.2, 0.25) is 0 Å². The number of carbonyl (C=O) groups is 2. The van der Waals surface area contributed by atoms with Crippen LogP contribution in [-0.2, 0) is 9.53 Å². The molecule has 5 heteroatoms. The van der Waals surface area contributed by atoms with Crippen molar-refractivity contribution >= 4 is 12.1 Å². The molecule has 1 rings (SSSR count). The van der Waals surface area contributed by atoms with E-state index in [0.29, 0.717) is 12.8 Å². The smallest absolute Gasteiger partial charge is 0.407 e. The minimum absolute atomic E-state index is 0.0871. The van der Waals surface area contributed by atoms with E-state index < -0.39 is 23.1 Å². The lowest BCUT2D eigenvalue weighted by molar-refractivity contribution is -0.154. The predicted octanol–water partition coefficient (Wildman–Crippen LogP) is 1.76. The summed E-state index contributed by atoms with van der Waals surface area (Å²) >= 11 is 0. The Morgan fingerprint density at radius 3 is 2.25 bits per heavy atom. The van der Waals surface area contributed by atoms with Gasteiger partial charge in [-0.05, 0) is 40.5 Å². The lowest BCUT2D eigenvalue weighted by Crippen LogP contribution is -2.53. The van der Waals surface area contributed by atoms with E-state index in [1.165, 1.54) is 0 Å². The van der Waals surface area contributed by atoms with Crippen molar-refractivity contribution in [2.24, 2.45) is 5.41 Å². The van der Waals surface area contributed by atoms with Crippen LogP contribution in [0.3, 0.4) is 0 Å². The SMILES string of the molecule is CC(C)(C)OC(=O)NC1CC(C)(C(=O)O)C1. The maximum absolute atomic E-state index is 11.4. The van der Waals surface area contributed by atoms with Gasteiger partial charge in [0.25, 0.3) is 0 Å². The summed E-state index contributed by atoms with van der Waals surface area (Å²) in [4.78, 5) is 22.2. The first kappa shape index (κ1) is 12.8. The fraction of sp³-hybridized carbons (Fsp3) is 0.818. The third-order valence-corrected chi connectivity index (χ3v) is 2.63. The highest BCUT2D eigenvalue weighted by Gasteiger charge is 2.47. The van der Waals surface area contributed by atoms with Crippen LogP contribution < -0.4 is 5.32 Å². The number of amides is 1. The van der Waals surface area contributed by atoms with Crippen LogP contribution in [-0.4, -0.2) is 28.8 Å². The Morgan fingerprint density at radius 2 is 1.88 bits per heavy atom. The van der Waals surface area contributed by atoms with Crippen LogP contribution in [0.5, 0.6) is 0 Å². The first-order valence-corrected chi connectivity index (χ1v) is 5.35. The average molecular weight is 229 g/mol. The molecule has 5 nitrogen and oxygen atoms in total. The summed E-state index contributed by atoms with van der Waals surface area (Å²) < 4.78 is 5.08. The molecule has 1 fully saturated rings. The maximum atomic E-state index is 11.4. The van der Waals surface area contributed by atoms with Gasteiger partial charge < -0.3 is 15.2 Å². The Bertz CT molecular complexity index is 300. The van der Waals surface area contributed by atoms with Crippen LogP contribution >= 0.6 is 0 Å². The zero-order valence-corrected chi connectivity index (χ0v) is 10.2. The topological polar surface area (TPSA) is 75.6 Å². The molecule has 0 radical (unpaired) electrons. The normalized spacial score (nSPS) is 29.1. The fourth-order valence-electron chi connectivity index (χ4n) is 1.78. The van der Waals surface area contributed by atoms with Gasteiger partial charge in [0.15, 0.2) is 0 Å². The summed E-state index contributed by atoms with van der Waals surface area (Å²) in [5.74, 6) is -0.810. The summed E-state index contributed by atoms with van der Waals surface area (Å²) in [7, 11) is 0. The van der Waals surface area contributed by atoms with Crippen molar-refractivity contribution in [3.8, 4) is 0 Å². The Hall–Kier alpha value is -1.26. The Morgan fingerprint density at radius 1 is 1.38 bits per heavy atom. The number of carboxylic acid groups (broad SMARTS) is 1. The van der Waals surface area contributed by atoms with Crippen LogP contribution in [0.25, 0.3) is 0 Å². The zero-order chi connectivity index (χ0) is 12.6. The molecule has 92 valence electrons. The number of alkyl carbamates (subject to hydrolysis) is 1. The number of carbonyl (C=O) groups excluding carboxylic acids is 1. The second kappa shape index (κ2) is 3.96. The first-order chi connectivity index (χ1) is 7.12. The van der Waals surface area contributed by atoms with Crippen LogP contribution in [0, 0.1) is 5.41 Å². The summed E-state index contributed by atoms with van der Waals surface area (Å²) in [5, 5.41) is 11.5. The number of hydrogen-bond acceptors (Lipinski definition) is 3. The lowest BCUT2D eigenvalue weighted by atomic mass is 9.67. The number of ether oxygens (including phenoxy) is 1. The van der Waals surface area contributed by atoms with Gasteiger partial charge in [-0.25, -0.2) is 4.79 Å². The van der Waals surface area contributed by atoms with E-state index >= 15 is 0 Å². The highest BCUT2D eigenvalue weighted by atomic mass is 16.6. The van der Waals surface area contributed by atoms with Crippen LogP contribution in [0.1, 0.15) is 40.5 Å². The third-order valence-electron chi connectivity index (χ3n) is 2.63. The van der Waals surface area contributed by atoms with Crippen molar-refractivity contribution in [3.63, 3.8) is 0 Å². The minimum Gasteiger partial charge on any atom is -0.481 e. The summed E-state index contributed by atoms with van der Waals surface area (Å²) in [6, 6.07) is -0.0871. The van der Waals surface area contributed by atoms with Gasteiger partial charge in [-0.3, -0.25) is 4.79 Å². The Labute approximate surface area is 95.2 Å². The molecular formula is C11H19NO4. The van der Waals surface area contributed by atoms with E-state index in [9.17, 15) is 9.59 Å². The highest BCUT2D eigenvalue weighted by Crippen LogP contribution is 2.40. The highest BCUT2D eigenvalue weighted by molar-refractivity contribution is 5.76. The standard InChI is InChI=1S/C11H19NO4/c1-10(2,3)16-9(15)12-7-5-11(4,6-7)8(13)14/h7H,5-6H2,1-4H3,(H,12,15)(H,13,14). The Balaban J connectivity index is 2.33. The van der Waals surface area contributed by atoms with Crippen molar-refractivity contribution < 1.29 is 19.4 Å². The van der Waals surface area contributed by atoms with Gasteiger partial charge >= 0.3 is 12.1 Å². The molecule has 16 heavy (non-hydrogen) atoms. The van der Waals surface area contributed by atoms with Crippen molar-refractivity contribution in [3.05, 3.63) is 0 Å². The second-order valence-electron chi connectivity index (χ2n) is 5.62. The van der Waals surface area contributed by atoms with Crippen molar-refractivity contribution in [2.45, 2.75) is 52.2 Å². The van der Waals surface area contributed by atoms with Crippen molar-refractivity contribution in [1.29, 1.82) is 0 Å². The number of rotatable bonds is 2. The number of aliphatic carboxylic acids is 1. The van der Waals surface area contributed by atoms with Crippen LogP contribution in [0.15, 0.2) is 0 Å². The molecule has 1 amide bonds. The van der Waals surface area contributed by atoms with Crippen molar-refractivity contribution in [1.82, 2.24) is 5.32 Å². The second-order valence-corrected chi connectivity index (χ2v) is 5.62. The van der Waals surface area contributed by atoms with E-state index in [1.807, 2.05) is 0 Å². The van der Waals surface area contributed by atoms with Gasteiger partial charge in [0, 0.05) is 6.04 Å². The summed E-state index contributed by atoms with van der Waals surface area (Å²) in [5.41, 5.74) is -1.22. The van der Waals surface area contributed by atoms with Gasteiger partial charge in [-0.15, -0.1) is 0 Å². The zero-order valence-electron chi connectivity index (χ0n) is 10.2. The molecule has 0 atom stereocenters. The quantitative estimate of drug-likeness (QED) is 0.756. The van der Waals surface area contributed by atoms with E-state index in [2.05, 4.69) is 5.32 Å². The molecule has 0 saturated heterocycles. The fourth-order valence-corrected chi connectivity index (χ4v) is 1.78. The number of nitrogens with one attached hydrogen (secondary N) is 1. The molecule has 1 saturated carbocycles. The molecule has 0 aromatic carbocycles. The summed E-state index contributed by atoms with van der Waals surface area (Å²) in [6.45, 7) is 7.04. The van der Waals surface area contributed by atoms with Gasteiger partial charge in [-0.1, -0.05) is 0 Å². The number of hydrogen-bond donors (Lipinski definition) is 2. The predicted molar refractivity (Wildman–Crippen MR) is 58.1 cm³/mol. The van der Waals surface area contributed by atoms with Gasteiger partial charge in [-0.2, -0.15) is 0 Å². The summed E-state index contributed by atoms with van der Waals surface area (Å²) in [6.07, 6.45) is 0.438. The first-order valence-electron chi connectivity index (χ1n) is 5.35. The molecule has 0 aliphatic heterocycles. The van der Waals surface area contributed by atoms with E-state index in [1.54, 1.807) is 27.7 Å². The van der Waals surface area contributed by atoms with E-state index in [-0.39, 0.29) is 6.04 Å². The molecule has 0 bridgehead atoms. The molecule has 1 aliphatic carbocycles. The maximum Gasteiger partial charge on any atom is 0.407 e. The molecule has 0 heterocycles. The Kier molecular flexibility index (Phi) is 3.17. The van der Waals surface area contributed by atoms with Gasteiger partial charge in [0.1, 0.15) is 5.60 Å². The molecule has 0 aromatic heterocycles. The molecular weight excluding hydrogens is 210 g/mol. The van der Waals surface area contributed by atoms with Gasteiger partial charge in [0.05, 0.1) is 5.41 Å². The largest absolute Gasteiger partial charge is 0.481 e. The van der Waals surface area contributed by atoms with Crippen LogP contribution in [0.4, 0.5) is 4.79 Å². The van der Waals surface area contributed by atoms with E-state index in [0.717, 1.165) is 0 Å². The van der Waals surface area contributed by atoms with E-state index in [4.69, 9.17) is 9.84 Å². The monoisotopic (exact) mass is 229 g/mol. The van der Waals surface area contributed by atoms with Crippen LogP contribution in [0.2, 0.25) is 0 Å². The third kappa shape index (κ3) is 3.12. The lowest BCUT2D eigenvalue weighted by Gasteiger charge is -2.41. The van der Waals surface area contributed by atoms with Crippen molar-refractivity contribution in [2.75, 3.05) is 0 Å². The molecule has 2 N–H and O–H groups in total. The molecule has 0 spiro atoms. The minimum atomic E-state index is -0.810.